The number of hydrogen-bond acceptors (Lipinski definition) is 3. The summed E-state index contributed by atoms with van der Waals surface area (Å²) < 4.78 is 38.3. The summed E-state index contributed by atoms with van der Waals surface area (Å²) in [7, 11) is -2.23. The van der Waals surface area contributed by atoms with Gasteiger partial charge in [0.05, 0.1) is 4.90 Å². The Morgan fingerprint density at radius 2 is 1.76 bits per heavy atom. The SMILES string of the molecule is CNS(=O)(=O)c1ccc(C(=O)Nc2cccc(F)c2)cc1. The van der Waals surface area contributed by atoms with Gasteiger partial charge in [0.1, 0.15) is 5.82 Å². The fraction of sp³-hybridized carbons (Fsp3) is 0.0714. The third-order valence-electron chi connectivity index (χ3n) is 2.78. The molecule has 2 N–H and O–H groups in total. The van der Waals surface area contributed by atoms with Crippen LogP contribution < -0.4 is 10.0 Å². The fourth-order valence-corrected chi connectivity index (χ4v) is 2.40. The molecule has 0 radical (unpaired) electrons. The van der Waals surface area contributed by atoms with Gasteiger partial charge in [0.15, 0.2) is 0 Å². The smallest absolute Gasteiger partial charge is 0.255 e. The Morgan fingerprint density at radius 3 is 2.33 bits per heavy atom. The molecule has 0 aromatic heterocycles. The highest BCUT2D eigenvalue weighted by molar-refractivity contribution is 7.89. The second kappa shape index (κ2) is 6.02. The Morgan fingerprint density at radius 1 is 1.10 bits per heavy atom. The van der Waals surface area contributed by atoms with Gasteiger partial charge in [-0.05, 0) is 49.5 Å². The van der Waals surface area contributed by atoms with E-state index in [9.17, 15) is 17.6 Å². The van der Waals surface area contributed by atoms with Gasteiger partial charge in [-0.1, -0.05) is 6.07 Å². The molecule has 0 aliphatic rings. The summed E-state index contributed by atoms with van der Waals surface area (Å²) in [6, 6.07) is 10.9. The molecule has 7 heteroatoms. The van der Waals surface area contributed by atoms with Crippen molar-refractivity contribution in [2.75, 3.05) is 12.4 Å². The number of carbonyl (C=O) groups excluding carboxylic acids is 1. The first-order valence-electron chi connectivity index (χ1n) is 6.03. The predicted molar refractivity (Wildman–Crippen MR) is 77.0 cm³/mol. The minimum atomic E-state index is -3.54. The van der Waals surface area contributed by atoms with Gasteiger partial charge in [0.2, 0.25) is 10.0 Å². The fourth-order valence-electron chi connectivity index (χ4n) is 1.67. The number of benzene rings is 2. The van der Waals surface area contributed by atoms with Gasteiger partial charge < -0.3 is 5.32 Å². The maximum atomic E-state index is 13.0. The van der Waals surface area contributed by atoms with Crippen LogP contribution >= 0.6 is 0 Å². The van der Waals surface area contributed by atoms with E-state index < -0.39 is 21.7 Å². The van der Waals surface area contributed by atoms with E-state index in [1.807, 2.05) is 0 Å². The van der Waals surface area contributed by atoms with Crippen molar-refractivity contribution >= 4 is 21.6 Å². The number of halogens is 1. The molecular formula is C14H13FN2O3S. The average molecular weight is 308 g/mol. The molecule has 2 aromatic carbocycles. The van der Waals surface area contributed by atoms with Gasteiger partial charge in [0, 0.05) is 11.3 Å². The Hall–Kier alpha value is -2.25. The number of rotatable bonds is 4. The molecule has 0 aliphatic heterocycles. The van der Waals surface area contributed by atoms with Crippen molar-refractivity contribution in [3.8, 4) is 0 Å². The quantitative estimate of drug-likeness (QED) is 0.907. The van der Waals surface area contributed by atoms with Crippen LogP contribution in [0.15, 0.2) is 53.4 Å². The molecule has 2 aromatic rings. The van der Waals surface area contributed by atoms with Crippen LogP contribution in [0.4, 0.5) is 10.1 Å². The number of sulfonamides is 1. The van der Waals surface area contributed by atoms with Crippen LogP contribution in [0, 0.1) is 5.82 Å². The lowest BCUT2D eigenvalue weighted by atomic mass is 10.2. The molecule has 0 heterocycles. The molecule has 21 heavy (non-hydrogen) atoms. The van der Waals surface area contributed by atoms with Gasteiger partial charge in [-0.15, -0.1) is 0 Å². The molecule has 0 saturated carbocycles. The summed E-state index contributed by atoms with van der Waals surface area (Å²) >= 11 is 0. The summed E-state index contributed by atoms with van der Waals surface area (Å²) in [4.78, 5) is 12.0. The topological polar surface area (TPSA) is 75.3 Å². The van der Waals surface area contributed by atoms with Crippen molar-refractivity contribution in [1.82, 2.24) is 4.72 Å². The van der Waals surface area contributed by atoms with Crippen molar-refractivity contribution in [3.63, 3.8) is 0 Å². The lowest BCUT2D eigenvalue weighted by molar-refractivity contribution is 0.102. The van der Waals surface area contributed by atoms with Crippen molar-refractivity contribution in [2.45, 2.75) is 4.90 Å². The van der Waals surface area contributed by atoms with Gasteiger partial charge in [-0.2, -0.15) is 0 Å². The third-order valence-corrected chi connectivity index (χ3v) is 4.21. The molecule has 0 aliphatic carbocycles. The molecule has 0 bridgehead atoms. The normalized spacial score (nSPS) is 11.1. The Bertz CT molecular complexity index is 758. The van der Waals surface area contributed by atoms with E-state index in [1.54, 1.807) is 6.07 Å². The van der Waals surface area contributed by atoms with E-state index in [-0.39, 0.29) is 10.5 Å². The van der Waals surface area contributed by atoms with Crippen molar-refractivity contribution in [1.29, 1.82) is 0 Å². The van der Waals surface area contributed by atoms with Gasteiger partial charge in [0.25, 0.3) is 5.91 Å². The molecule has 2 rings (SSSR count). The minimum absolute atomic E-state index is 0.0623. The van der Waals surface area contributed by atoms with Gasteiger partial charge in [-0.25, -0.2) is 17.5 Å². The molecule has 0 saturated heterocycles. The maximum absolute atomic E-state index is 13.0. The summed E-state index contributed by atoms with van der Waals surface area (Å²) in [5, 5.41) is 2.53. The van der Waals surface area contributed by atoms with Crippen LogP contribution in [0.2, 0.25) is 0 Å². The standard InChI is InChI=1S/C14H13FN2O3S/c1-16-21(19,20)13-7-5-10(6-8-13)14(18)17-12-4-2-3-11(15)9-12/h2-9,16H,1H3,(H,17,18). The second-order valence-corrected chi connectivity index (χ2v) is 6.08. The molecule has 0 fully saturated rings. The third kappa shape index (κ3) is 3.65. The molecule has 0 spiro atoms. The van der Waals surface area contributed by atoms with E-state index in [0.717, 1.165) is 0 Å². The van der Waals surface area contributed by atoms with Crippen LogP contribution in [-0.4, -0.2) is 21.4 Å². The van der Waals surface area contributed by atoms with E-state index in [1.165, 1.54) is 49.5 Å². The average Bonchev–Trinajstić information content (AvgIpc) is 2.47. The van der Waals surface area contributed by atoms with Crippen LogP contribution in [0.5, 0.6) is 0 Å². The van der Waals surface area contributed by atoms with Crippen molar-refractivity contribution in [3.05, 3.63) is 59.9 Å². The number of carbonyl (C=O) groups is 1. The van der Waals surface area contributed by atoms with Crippen molar-refractivity contribution in [2.24, 2.45) is 0 Å². The zero-order chi connectivity index (χ0) is 15.5. The Labute approximate surface area is 121 Å². The van der Waals surface area contributed by atoms with Crippen LogP contribution in [0.25, 0.3) is 0 Å². The van der Waals surface area contributed by atoms with Crippen LogP contribution in [0.1, 0.15) is 10.4 Å². The predicted octanol–water partition coefficient (Wildman–Crippen LogP) is 1.99. The molecule has 0 atom stereocenters. The van der Waals surface area contributed by atoms with Crippen LogP contribution in [-0.2, 0) is 10.0 Å². The Kier molecular flexibility index (Phi) is 4.35. The summed E-state index contributed by atoms with van der Waals surface area (Å²) in [6.45, 7) is 0. The first-order chi connectivity index (χ1) is 9.92. The van der Waals surface area contributed by atoms with E-state index in [2.05, 4.69) is 10.0 Å². The van der Waals surface area contributed by atoms with E-state index in [0.29, 0.717) is 5.69 Å². The van der Waals surface area contributed by atoms with Gasteiger partial charge >= 0.3 is 0 Å². The Balaban J connectivity index is 2.17. The first-order valence-corrected chi connectivity index (χ1v) is 7.51. The molecular weight excluding hydrogens is 295 g/mol. The van der Waals surface area contributed by atoms with Gasteiger partial charge in [-0.3, -0.25) is 4.79 Å². The van der Waals surface area contributed by atoms with E-state index in [4.69, 9.17) is 0 Å². The highest BCUT2D eigenvalue weighted by Crippen LogP contribution is 2.13. The molecule has 1 amide bonds. The molecule has 0 unspecified atom stereocenters. The van der Waals surface area contributed by atoms with Crippen molar-refractivity contribution < 1.29 is 17.6 Å². The number of hydrogen-bond donors (Lipinski definition) is 2. The summed E-state index contributed by atoms with van der Waals surface area (Å²) in [5.41, 5.74) is 0.598. The molecule has 5 nitrogen and oxygen atoms in total. The maximum Gasteiger partial charge on any atom is 0.255 e. The number of nitrogens with one attached hydrogen (secondary N) is 2. The van der Waals surface area contributed by atoms with Crippen LogP contribution in [0.3, 0.4) is 0 Å². The highest BCUT2D eigenvalue weighted by atomic mass is 32.2. The molecule has 110 valence electrons. The zero-order valence-corrected chi connectivity index (χ0v) is 11.9. The van der Waals surface area contributed by atoms with E-state index >= 15 is 0 Å². The lowest BCUT2D eigenvalue weighted by Crippen LogP contribution is -2.19. The monoisotopic (exact) mass is 308 g/mol. The summed E-state index contributed by atoms with van der Waals surface area (Å²) in [6.07, 6.45) is 0. The number of amides is 1. The second-order valence-electron chi connectivity index (χ2n) is 4.20. The zero-order valence-electron chi connectivity index (χ0n) is 11.1. The largest absolute Gasteiger partial charge is 0.322 e. The first kappa shape index (κ1) is 15.1. The summed E-state index contributed by atoms with van der Waals surface area (Å²) in [5.74, 6) is -0.905. The highest BCUT2D eigenvalue weighted by Gasteiger charge is 2.12. The minimum Gasteiger partial charge on any atom is -0.322 e. The number of anilines is 1. The lowest BCUT2D eigenvalue weighted by Gasteiger charge is -2.06.